The lowest BCUT2D eigenvalue weighted by Crippen LogP contribution is -2.22. The fourth-order valence-electron chi connectivity index (χ4n) is 3.92. The molecular formula is C26H18N2O7S. The maximum absolute atomic E-state index is 13.1. The van der Waals surface area contributed by atoms with E-state index in [1.807, 2.05) is 0 Å². The predicted octanol–water partition coefficient (Wildman–Crippen LogP) is 4.05. The fourth-order valence-corrected chi connectivity index (χ4v) is 4.97. The topological polar surface area (TPSA) is 156 Å². The second-order valence-corrected chi connectivity index (χ2v) is 9.67. The van der Waals surface area contributed by atoms with E-state index in [4.69, 9.17) is 10.5 Å². The highest BCUT2D eigenvalue weighted by Crippen LogP contribution is 2.42. The fraction of sp³-hybridized carbons (Fsp3) is 0. The Bertz CT molecular complexity index is 1650. The summed E-state index contributed by atoms with van der Waals surface area (Å²) in [6, 6.07) is 18.3. The zero-order chi connectivity index (χ0) is 25.6. The third-order valence-corrected chi connectivity index (χ3v) is 7.06. The van der Waals surface area contributed by atoms with Crippen molar-refractivity contribution >= 4 is 33.0 Å². The van der Waals surface area contributed by atoms with Crippen molar-refractivity contribution in [2.75, 3.05) is 10.5 Å². The van der Waals surface area contributed by atoms with Crippen molar-refractivity contribution in [1.82, 2.24) is 0 Å². The quantitative estimate of drug-likeness (QED) is 0.207. The van der Waals surface area contributed by atoms with Gasteiger partial charge in [-0.15, -0.1) is 0 Å². The molecule has 0 radical (unpaired) electrons. The number of ketones is 2. The minimum absolute atomic E-state index is 0.00205. The minimum Gasteiger partial charge on any atom is -0.508 e. The summed E-state index contributed by atoms with van der Waals surface area (Å²) in [6.45, 7) is 0. The molecule has 1 aliphatic carbocycles. The maximum atomic E-state index is 13.1. The molecule has 4 aromatic carbocycles. The van der Waals surface area contributed by atoms with Crippen LogP contribution in [-0.4, -0.2) is 30.2 Å². The lowest BCUT2D eigenvalue weighted by molar-refractivity contribution is 0.0977. The van der Waals surface area contributed by atoms with Crippen LogP contribution in [0, 0.1) is 0 Å². The molecule has 0 aliphatic heterocycles. The molecule has 4 aromatic rings. The largest absolute Gasteiger partial charge is 0.508 e. The Hall–Kier alpha value is -4.83. The summed E-state index contributed by atoms with van der Waals surface area (Å²) in [4.78, 5) is 25.9. The zero-order valence-electron chi connectivity index (χ0n) is 18.4. The van der Waals surface area contributed by atoms with Crippen molar-refractivity contribution < 1.29 is 33.0 Å². The molecule has 1 aliphatic rings. The van der Waals surface area contributed by atoms with E-state index in [1.54, 1.807) is 12.1 Å². The van der Waals surface area contributed by atoms with Crippen molar-refractivity contribution in [2.24, 2.45) is 0 Å². The number of hydrogen-bond acceptors (Lipinski definition) is 8. The van der Waals surface area contributed by atoms with Gasteiger partial charge in [0.25, 0.3) is 10.0 Å². The number of carbonyl (C=O) groups excluding carboxylic acids is 2. The van der Waals surface area contributed by atoms with Gasteiger partial charge >= 0.3 is 0 Å². The van der Waals surface area contributed by atoms with Crippen LogP contribution in [0.25, 0.3) is 0 Å². The van der Waals surface area contributed by atoms with Gasteiger partial charge in [0, 0.05) is 22.9 Å². The number of nitrogens with one attached hydrogen (secondary N) is 1. The first-order valence-electron chi connectivity index (χ1n) is 10.6. The van der Waals surface area contributed by atoms with E-state index in [0.717, 1.165) is 6.07 Å². The normalized spacial score (nSPS) is 12.6. The lowest BCUT2D eigenvalue weighted by atomic mass is 9.82. The predicted molar refractivity (Wildman–Crippen MR) is 131 cm³/mol. The molecule has 0 amide bonds. The smallest absolute Gasteiger partial charge is 0.261 e. The number of fused-ring (bicyclic) bond motifs is 2. The van der Waals surface area contributed by atoms with Crippen LogP contribution in [0.4, 0.5) is 11.4 Å². The zero-order valence-corrected chi connectivity index (χ0v) is 19.2. The number of nitrogens with two attached hydrogens (primary N) is 1. The van der Waals surface area contributed by atoms with E-state index >= 15 is 0 Å². The number of anilines is 2. The number of carbonyl (C=O) groups is 2. The van der Waals surface area contributed by atoms with Crippen molar-refractivity contribution in [3.63, 3.8) is 0 Å². The van der Waals surface area contributed by atoms with Crippen molar-refractivity contribution in [3.8, 4) is 23.0 Å². The number of aromatic hydroxyl groups is 2. The summed E-state index contributed by atoms with van der Waals surface area (Å²) < 4.78 is 33.4. The van der Waals surface area contributed by atoms with Gasteiger partial charge in [-0.2, -0.15) is 0 Å². The average Bonchev–Trinajstić information content (AvgIpc) is 2.86. The number of benzene rings is 4. The molecule has 5 rings (SSSR count). The van der Waals surface area contributed by atoms with Crippen molar-refractivity contribution in [1.29, 1.82) is 0 Å². The second-order valence-electron chi connectivity index (χ2n) is 7.99. The van der Waals surface area contributed by atoms with Crippen LogP contribution in [-0.2, 0) is 10.0 Å². The lowest BCUT2D eigenvalue weighted by Gasteiger charge is -2.21. The molecule has 0 saturated heterocycles. The van der Waals surface area contributed by atoms with Gasteiger partial charge in [0.1, 0.15) is 17.2 Å². The van der Waals surface area contributed by atoms with Crippen LogP contribution in [0.5, 0.6) is 23.0 Å². The van der Waals surface area contributed by atoms with E-state index < -0.39 is 27.3 Å². The molecule has 0 spiro atoms. The third-order valence-electron chi connectivity index (χ3n) is 5.66. The summed E-state index contributed by atoms with van der Waals surface area (Å²) in [5.74, 6) is -1.38. The Morgan fingerprint density at radius 2 is 1.36 bits per heavy atom. The van der Waals surface area contributed by atoms with Gasteiger partial charge in [-0.1, -0.05) is 24.3 Å². The summed E-state index contributed by atoms with van der Waals surface area (Å²) in [5.41, 5.74) is 6.35. The number of phenolic OH excluding ortho intramolecular Hbond substituents is 2. The molecule has 5 N–H and O–H groups in total. The molecule has 0 atom stereocenters. The number of hydrogen-bond donors (Lipinski definition) is 4. The van der Waals surface area contributed by atoms with Gasteiger partial charge in [-0.05, 0) is 48.5 Å². The summed E-state index contributed by atoms with van der Waals surface area (Å²) in [5, 5.41) is 19.9. The maximum Gasteiger partial charge on any atom is 0.261 e. The highest BCUT2D eigenvalue weighted by atomic mass is 32.2. The molecule has 0 bridgehead atoms. The summed E-state index contributed by atoms with van der Waals surface area (Å²) >= 11 is 0. The molecule has 9 nitrogen and oxygen atoms in total. The third kappa shape index (κ3) is 3.89. The minimum atomic E-state index is -3.92. The Morgan fingerprint density at radius 1 is 0.778 bits per heavy atom. The van der Waals surface area contributed by atoms with Crippen LogP contribution in [0.2, 0.25) is 0 Å². The number of sulfonamides is 1. The van der Waals surface area contributed by atoms with Gasteiger partial charge in [0.2, 0.25) is 0 Å². The average molecular weight is 503 g/mol. The molecule has 36 heavy (non-hydrogen) atoms. The van der Waals surface area contributed by atoms with Gasteiger partial charge in [-0.25, -0.2) is 8.42 Å². The van der Waals surface area contributed by atoms with E-state index in [2.05, 4.69) is 4.72 Å². The summed E-state index contributed by atoms with van der Waals surface area (Å²) in [6.07, 6.45) is 0. The van der Waals surface area contributed by atoms with Gasteiger partial charge < -0.3 is 20.7 Å². The van der Waals surface area contributed by atoms with E-state index in [1.165, 1.54) is 60.7 Å². The summed E-state index contributed by atoms with van der Waals surface area (Å²) in [7, 11) is -3.92. The van der Waals surface area contributed by atoms with Gasteiger partial charge in [0.05, 0.1) is 21.7 Å². The highest BCUT2D eigenvalue weighted by molar-refractivity contribution is 7.92. The Kier molecular flexibility index (Phi) is 5.37. The molecular weight excluding hydrogens is 484 g/mol. The molecule has 0 aromatic heterocycles. The first kappa shape index (κ1) is 22.9. The van der Waals surface area contributed by atoms with Gasteiger partial charge in [-0.3, -0.25) is 14.3 Å². The first-order chi connectivity index (χ1) is 17.2. The molecule has 10 heteroatoms. The van der Waals surface area contributed by atoms with Crippen LogP contribution < -0.4 is 15.2 Å². The Balaban J connectivity index is 1.43. The monoisotopic (exact) mass is 502 g/mol. The van der Waals surface area contributed by atoms with Crippen molar-refractivity contribution in [2.45, 2.75) is 4.90 Å². The molecule has 0 heterocycles. The Labute approximate surface area is 205 Å². The standard InChI is InChI=1S/C26H18N2O7S/c27-24-21(13-20(30)22-23(24)26(32)19-4-2-1-3-18(19)25(22)31)35-16-9-11-17(12-10-16)36(33,34)28-14-5-7-15(29)8-6-14/h1-13,28-30H,27H2. The highest BCUT2D eigenvalue weighted by Gasteiger charge is 2.35. The Morgan fingerprint density at radius 3 is 1.97 bits per heavy atom. The van der Waals surface area contributed by atoms with Crippen molar-refractivity contribution in [3.05, 3.63) is 101 Å². The van der Waals surface area contributed by atoms with Crippen LogP contribution in [0.1, 0.15) is 31.8 Å². The van der Waals surface area contributed by atoms with E-state index in [0.29, 0.717) is 0 Å². The first-order valence-corrected chi connectivity index (χ1v) is 12.1. The van der Waals surface area contributed by atoms with Crippen LogP contribution >= 0.6 is 0 Å². The van der Waals surface area contributed by atoms with E-state index in [9.17, 15) is 28.2 Å². The van der Waals surface area contributed by atoms with Gasteiger partial charge in [0.15, 0.2) is 17.3 Å². The molecule has 0 unspecified atom stereocenters. The second kappa shape index (κ2) is 8.43. The molecule has 0 saturated carbocycles. The molecule has 180 valence electrons. The number of ether oxygens (including phenoxy) is 1. The van der Waals surface area contributed by atoms with Crippen LogP contribution in [0.3, 0.4) is 0 Å². The van der Waals surface area contributed by atoms with Crippen LogP contribution in [0.15, 0.2) is 83.8 Å². The number of rotatable bonds is 5. The number of nitrogen functional groups attached to an aromatic ring is 1. The number of phenols is 2. The SMILES string of the molecule is Nc1c(Oc2ccc(S(=O)(=O)Nc3ccc(O)cc3)cc2)cc(O)c2c1C(=O)c1ccccc1C2=O. The van der Waals surface area contributed by atoms with E-state index in [-0.39, 0.29) is 55.8 Å². The molecule has 0 fully saturated rings.